The van der Waals surface area contributed by atoms with E-state index in [0.717, 1.165) is 6.26 Å². The SMILES string of the molecule is COC[C@@]1(C(=O)O)[C@H](c2ccc(OC)cc2)[C@@H]1S(C)(=O)=O. The molecular formula is C14H18O6S. The zero-order valence-corrected chi connectivity index (χ0v) is 12.9. The third-order valence-corrected chi connectivity index (χ3v) is 5.59. The van der Waals surface area contributed by atoms with Crippen molar-refractivity contribution in [1.29, 1.82) is 0 Å². The molecule has 1 aromatic rings. The van der Waals surface area contributed by atoms with E-state index in [9.17, 15) is 18.3 Å². The molecule has 0 saturated heterocycles. The van der Waals surface area contributed by atoms with Crippen LogP contribution < -0.4 is 4.74 Å². The van der Waals surface area contributed by atoms with Crippen molar-refractivity contribution in [3.8, 4) is 5.75 Å². The lowest BCUT2D eigenvalue weighted by molar-refractivity contribution is -0.145. The number of methoxy groups -OCH3 is 2. The van der Waals surface area contributed by atoms with Crippen LogP contribution >= 0.6 is 0 Å². The fraction of sp³-hybridized carbons (Fsp3) is 0.500. The Morgan fingerprint density at radius 3 is 2.24 bits per heavy atom. The molecule has 7 heteroatoms. The van der Waals surface area contributed by atoms with E-state index < -0.39 is 32.4 Å². The molecule has 1 saturated carbocycles. The van der Waals surface area contributed by atoms with Gasteiger partial charge in [-0.2, -0.15) is 0 Å². The zero-order chi connectivity index (χ0) is 15.8. The van der Waals surface area contributed by atoms with Gasteiger partial charge >= 0.3 is 5.97 Å². The van der Waals surface area contributed by atoms with Crippen molar-refractivity contribution in [3.63, 3.8) is 0 Å². The number of benzene rings is 1. The second-order valence-electron chi connectivity index (χ2n) is 5.28. The molecule has 0 heterocycles. The molecule has 0 aliphatic heterocycles. The summed E-state index contributed by atoms with van der Waals surface area (Å²) in [5, 5.41) is 8.56. The molecule has 0 amide bonds. The summed E-state index contributed by atoms with van der Waals surface area (Å²) in [7, 11) is -0.615. The zero-order valence-electron chi connectivity index (χ0n) is 12.1. The summed E-state index contributed by atoms with van der Waals surface area (Å²) < 4.78 is 33.9. The highest BCUT2D eigenvalue weighted by atomic mass is 32.2. The molecule has 1 fully saturated rings. The number of aliphatic carboxylic acids is 1. The summed E-state index contributed by atoms with van der Waals surface area (Å²) >= 11 is 0. The van der Waals surface area contributed by atoms with Crippen molar-refractivity contribution in [2.75, 3.05) is 27.1 Å². The van der Waals surface area contributed by atoms with E-state index in [0.29, 0.717) is 11.3 Å². The maximum Gasteiger partial charge on any atom is 0.314 e. The van der Waals surface area contributed by atoms with Gasteiger partial charge in [-0.25, -0.2) is 8.42 Å². The molecule has 1 N–H and O–H groups in total. The minimum absolute atomic E-state index is 0.142. The van der Waals surface area contributed by atoms with Crippen LogP contribution in [-0.4, -0.2) is 51.8 Å². The number of carbonyl (C=O) groups is 1. The molecule has 3 atom stereocenters. The Hall–Kier alpha value is -1.60. The minimum atomic E-state index is -3.51. The van der Waals surface area contributed by atoms with Gasteiger partial charge in [-0.1, -0.05) is 12.1 Å². The van der Waals surface area contributed by atoms with E-state index in [4.69, 9.17) is 9.47 Å². The van der Waals surface area contributed by atoms with E-state index in [1.54, 1.807) is 24.3 Å². The first-order valence-corrected chi connectivity index (χ1v) is 8.29. The van der Waals surface area contributed by atoms with Crippen LogP contribution in [0.15, 0.2) is 24.3 Å². The molecule has 21 heavy (non-hydrogen) atoms. The van der Waals surface area contributed by atoms with E-state index in [2.05, 4.69) is 0 Å². The van der Waals surface area contributed by atoms with Crippen LogP contribution in [0.25, 0.3) is 0 Å². The van der Waals surface area contributed by atoms with Crippen LogP contribution in [0.5, 0.6) is 5.75 Å². The number of hydrogen-bond acceptors (Lipinski definition) is 5. The van der Waals surface area contributed by atoms with Crippen LogP contribution in [0.1, 0.15) is 11.5 Å². The molecule has 1 aromatic carbocycles. The largest absolute Gasteiger partial charge is 0.497 e. The van der Waals surface area contributed by atoms with E-state index >= 15 is 0 Å². The Bertz CT molecular complexity index is 636. The monoisotopic (exact) mass is 314 g/mol. The topological polar surface area (TPSA) is 89.9 Å². The first-order chi connectivity index (χ1) is 9.79. The Balaban J connectivity index is 2.46. The third kappa shape index (κ3) is 2.51. The molecule has 0 unspecified atom stereocenters. The Morgan fingerprint density at radius 2 is 1.86 bits per heavy atom. The number of carboxylic acid groups (broad SMARTS) is 1. The van der Waals surface area contributed by atoms with Crippen molar-refractivity contribution in [1.82, 2.24) is 0 Å². The molecule has 1 aliphatic carbocycles. The Labute approximate surface area is 123 Å². The minimum Gasteiger partial charge on any atom is -0.497 e. The fourth-order valence-corrected chi connectivity index (χ4v) is 4.94. The van der Waals surface area contributed by atoms with Gasteiger partial charge < -0.3 is 14.6 Å². The van der Waals surface area contributed by atoms with Gasteiger partial charge in [-0.3, -0.25) is 4.79 Å². The number of rotatable bonds is 6. The standard InChI is InChI=1S/C14H18O6S/c1-19-8-14(13(15)16)11(12(14)21(3,17)18)9-4-6-10(20-2)7-5-9/h4-7,11-12H,8H2,1-3H3,(H,15,16)/t11-,12+,14-/m1/s1. The molecule has 0 radical (unpaired) electrons. The molecule has 116 valence electrons. The van der Waals surface area contributed by atoms with Gasteiger partial charge in [0.05, 0.1) is 19.0 Å². The van der Waals surface area contributed by atoms with Crippen molar-refractivity contribution < 1.29 is 27.8 Å². The van der Waals surface area contributed by atoms with Gasteiger partial charge in [0, 0.05) is 19.3 Å². The fourth-order valence-electron chi connectivity index (χ4n) is 3.04. The summed E-state index contributed by atoms with van der Waals surface area (Å²) in [5.41, 5.74) is -0.762. The first-order valence-electron chi connectivity index (χ1n) is 6.34. The summed E-state index contributed by atoms with van der Waals surface area (Å²) in [4.78, 5) is 11.7. The second-order valence-corrected chi connectivity index (χ2v) is 7.45. The maximum atomic E-state index is 12.0. The number of sulfone groups is 1. The molecular weight excluding hydrogens is 296 g/mol. The summed E-state index contributed by atoms with van der Waals surface area (Å²) in [5.74, 6) is -1.14. The predicted molar refractivity (Wildman–Crippen MR) is 76.3 cm³/mol. The lowest BCUT2D eigenvalue weighted by Gasteiger charge is -2.11. The Kier molecular flexibility index (Phi) is 3.99. The summed E-state index contributed by atoms with van der Waals surface area (Å²) in [6.07, 6.45) is 1.06. The van der Waals surface area contributed by atoms with Crippen LogP contribution in [0, 0.1) is 5.41 Å². The summed E-state index contributed by atoms with van der Waals surface area (Å²) in [6, 6.07) is 6.77. The average molecular weight is 314 g/mol. The van der Waals surface area contributed by atoms with E-state index in [1.807, 2.05) is 0 Å². The molecule has 0 bridgehead atoms. The normalized spacial score (nSPS) is 28.1. The molecule has 0 spiro atoms. The average Bonchev–Trinajstić information content (AvgIpc) is 3.10. The Morgan fingerprint density at radius 1 is 1.29 bits per heavy atom. The highest BCUT2D eigenvalue weighted by molar-refractivity contribution is 7.91. The van der Waals surface area contributed by atoms with Gasteiger partial charge in [0.2, 0.25) is 0 Å². The van der Waals surface area contributed by atoms with Crippen LogP contribution in [0.3, 0.4) is 0 Å². The lowest BCUT2D eigenvalue weighted by atomic mass is 10.00. The first kappa shape index (κ1) is 15.8. The van der Waals surface area contributed by atoms with E-state index in [-0.39, 0.29) is 6.61 Å². The maximum absolute atomic E-state index is 12.0. The van der Waals surface area contributed by atoms with Crippen LogP contribution in [-0.2, 0) is 19.4 Å². The number of hydrogen-bond donors (Lipinski definition) is 1. The van der Waals surface area contributed by atoms with E-state index in [1.165, 1.54) is 14.2 Å². The van der Waals surface area contributed by atoms with Gasteiger partial charge in [-0.05, 0) is 17.7 Å². The van der Waals surface area contributed by atoms with Gasteiger partial charge in [0.25, 0.3) is 0 Å². The quantitative estimate of drug-likeness (QED) is 0.840. The van der Waals surface area contributed by atoms with Crippen molar-refractivity contribution in [2.24, 2.45) is 5.41 Å². The van der Waals surface area contributed by atoms with Gasteiger partial charge in [0.15, 0.2) is 9.84 Å². The van der Waals surface area contributed by atoms with Crippen molar-refractivity contribution in [3.05, 3.63) is 29.8 Å². The predicted octanol–water partition coefficient (Wildman–Crippen LogP) is 0.923. The van der Waals surface area contributed by atoms with Gasteiger partial charge in [-0.15, -0.1) is 0 Å². The van der Waals surface area contributed by atoms with Crippen molar-refractivity contribution in [2.45, 2.75) is 11.2 Å². The molecule has 0 aromatic heterocycles. The summed E-state index contributed by atoms with van der Waals surface area (Å²) in [6.45, 7) is -0.142. The van der Waals surface area contributed by atoms with Crippen LogP contribution in [0.4, 0.5) is 0 Å². The second kappa shape index (κ2) is 5.31. The van der Waals surface area contributed by atoms with Gasteiger partial charge in [0.1, 0.15) is 11.2 Å². The van der Waals surface area contributed by atoms with Crippen LogP contribution in [0.2, 0.25) is 0 Å². The van der Waals surface area contributed by atoms with Crippen molar-refractivity contribution >= 4 is 15.8 Å². The molecule has 1 aliphatic rings. The highest BCUT2D eigenvalue weighted by Gasteiger charge is 2.74. The molecule has 6 nitrogen and oxygen atoms in total. The third-order valence-electron chi connectivity index (χ3n) is 3.97. The number of ether oxygens (including phenoxy) is 2. The highest BCUT2D eigenvalue weighted by Crippen LogP contribution is 2.63. The lowest BCUT2D eigenvalue weighted by Crippen LogP contribution is -2.28. The number of carboxylic acids is 1. The molecule has 2 rings (SSSR count). The smallest absolute Gasteiger partial charge is 0.314 e.